The van der Waals surface area contributed by atoms with Gasteiger partial charge in [0.15, 0.2) is 5.13 Å². The Hall–Kier alpha value is -1.99. The fourth-order valence-electron chi connectivity index (χ4n) is 3.89. The van der Waals surface area contributed by atoms with Gasteiger partial charge in [0, 0.05) is 32.5 Å². The van der Waals surface area contributed by atoms with Gasteiger partial charge in [-0.3, -0.25) is 14.5 Å². The Labute approximate surface area is 163 Å². The summed E-state index contributed by atoms with van der Waals surface area (Å²) in [6.45, 7) is 4.22. The van der Waals surface area contributed by atoms with E-state index in [2.05, 4.69) is 0 Å². The number of para-hydroxylation sites is 1. The first-order valence-electron chi connectivity index (χ1n) is 9.66. The number of carbonyl (C=O) groups excluding carboxylic acids is 2. The Bertz CT molecular complexity index is 790. The minimum absolute atomic E-state index is 0.0611. The maximum Gasteiger partial charge on any atom is 0.232 e. The van der Waals surface area contributed by atoms with Crippen molar-refractivity contribution in [1.29, 1.82) is 0 Å². The lowest BCUT2D eigenvalue weighted by Gasteiger charge is -2.33. The molecule has 2 fully saturated rings. The number of piperidine rings is 1. The Balaban J connectivity index is 1.55. The average Bonchev–Trinajstić information content (AvgIpc) is 3.34. The van der Waals surface area contributed by atoms with E-state index in [1.165, 1.54) is 0 Å². The summed E-state index contributed by atoms with van der Waals surface area (Å²) in [6, 6.07) is 7.98. The van der Waals surface area contributed by atoms with Gasteiger partial charge in [0.05, 0.1) is 22.9 Å². The van der Waals surface area contributed by atoms with Crippen LogP contribution in [0.25, 0.3) is 10.2 Å². The maximum atomic E-state index is 13.4. The van der Waals surface area contributed by atoms with Gasteiger partial charge in [-0.05, 0) is 37.8 Å². The number of rotatable bonds is 4. The number of thiazole rings is 1. The van der Waals surface area contributed by atoms with Crippen LogP contribution < -0.4 is 4.90 Å². The molecule has 0 radical (unpaired) electrons. The molecule has 4 rings (SSSR count). The van der Waals surface area contributed by atoms with Crippen molar-refractivity contribution < 1.29 is 14.3 Å². The van der Waals surface area contributed by atoms with Crippen LogP contribution in [-0.4, -0.2) is 54.0 Å². The van der Waals surface area contributed by atoms with Gasteiger partial charge in [-0.1, -0.05) is 23.5 Å². The number of aromatic nitrogens is 1. The molecule has 1 atom stereocenters. The van der Waals surface area contributed by atoms with Crippen molar-refractivity contribution in [2.75, 3.05) is 31.1 Å². The highest BCUT2D eigenvalue weighted by molar-refractivity contribution is 7.22. The molecule has 2 saturated heterocycles. The minimum atomic E-state index is -0.0611. The number of likely N-dealkylation sites (tertiary alicyclic amines) is 1. The molecule has 2 aliphatic rings. The highest BCUT2D eigenvalue weighted by Crippen LogP contribution is 2.32. The number of carbonyl (C=O) groups is 2. The average molecular weight is 388 g/mol. The maximum absolute atomic E-state index is 13.4. The van der Waals surface area contributed by atoms with Crippen molar-refractivity contribution in [2.24, 2.45) is 5.92 Å². The van der Waals surface area contributed by atoms with Gasteiger partial charge in [0.25, 0.3) is 0 Å². The molecule has 0 bridgehead atoms. The Morgan fingerprint density at radius 3 is 2.70 bits per heavy atom. The van der Waals surface area contributed by atoms with Gasteiger partial charge >= 0.3 is 0 Å². The molecule has 2 amide bonds. The van der Waals surface area contributed by atoms with Crippen LogP contribution in [0.2, 0.25) is 0 Å². The Kier molecular flexibility index (Phi) is 5.41. The highest BCUT2D eigenvalue weighted by Gasteiger charge is 2.33. The lowest BCUT2D eigenvalue weighted by molar-refractivity contribution is -0.133. The van der Waals surface area contributed by atoms with Crippen LogP contribution in [0.15, 0.2) is 24.3 Å². The summed E-state index contributed by atoms with van der Waals surface area (Å²) in [7, 11) is 0. The SMILES string of the molecule is CC(=O)N1CCC(C(=O)N(C[C@H]2CCCO2)c2nc3ccccc3s2)CC1. The van der Waals surface area contributed by atoms with Gasteiger partial charge in [-0.15, -0.1) is 0 Å². The van der Waals surface area contributed by atoms with E-state index in [1.54, 1.807) is 18.3 Å². The quantitative estimate of drug-likeness (QED) is 0.809. The predicted octanol–water partition coefficient (Wildman–Crippen LogP) is 3.07. The van der Waals surface area contributed by atoms with Crippen molar-refractivity contribution in [2.45, 2.75) is 38.7 Å². The zero-order valence-electron chi connectivity index (χ0n) is 15.6. The summed E-state index contributed by atoms with van der Waals surface area (Å²) >= 11 is 1.56. The third kappa shape index (κ3) is 3.99. The van der Waals surface area contributed by atoms with Crippen LogP contribution in [0.5, 0.6) is 0 Å². The summed E-state index contributed by atoms with van der Waals surface area (Å²) in [5, 5.41) is 0.755. The van der Waals surface area contributed by atoms with Gasteiger partial charge in [-0.25, -0.2) is 4.98 Å². The molecule has 144 valence electrons. The summed E-state index contributed by atoms with van der Waals surface area (Å²) in [4.78, 5) is 33.3. The molecule has 7 heteroatoms. The normalized spacial score (nSPS) is 20.9. The summed E-state index contributed by atoms with van der Waals surface area (Å²) in [6.07, 6.45) is 3.54. The molecule has 3 heterocycles. The van der Waals surface area contributed by atoms with E-state index in [-0.39, 0.29) is 23.8 Å². The summed E-state index contributed by atoms with van der Waals surface area (Å²) < 4.78 is 6.88. The zero-order chi connectivity index (χ0) is 18.8. The highest BCUT2D eigenvalue weighted by atomic mass is 32.1. The standard InChI is InChI=1S/C20H25N3O3S/c1-14(24)22-10-8-15(9-11-22)19(25)23(13-16-5-4-12-26-16)20-21-17-6-2-3-7-18(17)27-20/h2-3,6-7,15-16H,4-5,8-13H2,1H3/t16-/m1/s1. The van der Waals surface area contributed by atoms with Crippen molar-refractivity contribution in [1.82, 2.24) is 9.88 Å². The molecule has 2 aliphatic heterocycles. The lowest BCUT2D eigenvalue weighted by atomic mass is 9.95. The van der Waals surface area contributed by atoms with E-state index in [0.717, 1.165) is 34.8 Å². The van der Waals surface area contributed by atoms with Gasteiger partial charge in [-0.2, -0.15) is 0 Å². The molecule has 6 nitrogen and oxygen atoms in total. The first kappa shape index (κ1) is 18.4. The van der Waals surface area contributed by atoms with E-state index in [1.807, 2.05) is 34.1 Å². The van der Waals surface area contributed by atoms with E-state index < -0.39 is 0 Å². The molecule has 0 unspecified atom stereocenters. The van der Waals surface area contributed by atoms with Crippen molar-refractivity contribution >= 4 is 38.5 Å². The molecule has 1 aromatic heterocycles. The van der Waals surface area contributed by atoms with Crippen LogP contribution in [0.3, 0.4) is 0 Å². The third-order valence-electron chi connectivity index (χ3n) is 5.48. The van der Waals surface area contributed by atoms with E-state index in [9.17, 15) is 9.59 Å². The second-order valence-electron chi connectivity index (χ2n) is 7.33. The fraction of sp³-hybridized carbons (Fsp3) is 0.550. The van der Waals surface area contributed by atoms with Crippen LogP contribution in [0.1, 0.15) is 32.6 Å². The van der Waals surface area contributed by atoms with Crippen molar-refractivity contribution in [3.05, 3.63) is 24.3 Å². The van der Waals surface area contributed by atoms with Crippen LogP contribution in [0.4, 0.5) is 5.13 Å². The fourth-order valence-corrected chi connectivity index (χ4v) is 4.87. The number of anilines is 1. The second kappa shape index (κ2) is 7.94. The molecule has 27 heavy (non-hydrogen) atoms. The van der Waals surface area contributed by atoms with Crippen LogP contribution >= 0.6 is 11.3 Å². The summed E-state index contributed by atoms with van der Waals surface area (Å²) in [5.74, 6) is 0.144. The Morgan fingerprint density at radius 1 is 1.26 bits per heavy atom. The van der Waals surface area contributed by atoms with Crippen LogP contribution in [-0.2, 0) is 14.3 Å². The topological polar surface area (TPSA) is 62.7 Å². The smallest absolute Gasteiger partial charge is 0.232 e. The molecular formula is C20H25N3O3S. The predicted molar refractivity (Wildman–Crippen MR) is 106 cm³/mol. The van der Waals surface area contributed by atoms with Crippen LogP contribution in [0, 0.1) is 5.92 Å². The van der Waals surface area contributed by atoms with E-state index in [4.69, 9.17) is 9.72 Å². The van der Waals surface area contributed by atoms with Gasteiger partial charge in [0.2, 0.25) is 11.8 Å². The summed E-state index contributed by atoms with van der Waals surface area (Å²) in [5.41, 5.74) is 0.925. The third-order valence-corrected chi connectivity index (χ3v) is 6.54. The number of ether oxygens (including phenoxy) is 1. The Morgan fingerprint density at radius 2 is 2.04 bits per heavy atom. The first-order chi connectivity index (χ1) is 13.1. The number of hydrogen-bond donors (Lipinski definition) is 0. The molecule has 0 aliphatic carbocycles. The molecular weight excluding hydrogens is 362 g/mol. The molecule has 0 spiro atoms. The first-order valence-corrected chi connectivity index (χ1v) is 10.5. The number of nitrogens with zero attached hydrogens (tertiary/aromatic N) is 3. The molecule has 0 N–H and O–H groups in total. The number of amides is 2. The molecule has 0 saturated carbocycles. The lowest BCUT2D eigenvalue weighted by Crippen LogP contribution is -2.46. The number of benzene rings is 1. The number of hydrogen-bond acceptors (Lipinski definition) is 5. The van der Waals surface area contributed by atoms with Gasteiger partial charge < -0.3 is 9.64 Å². The zero-order valence-corrected chi connectivity index (χ0v) is 16.4. The second-order valence-corrected chi connectivity index (χ2v) is 8.34. The van der Waals surface area contributed by atoms with E-state index >= 15 is 0 Å². The number of fused-ring (bicyclic) bond motifs is 1. The van der Waals surface area contributed by atoms with Crippen molar-refractivity contribution in [3.8, 4) is 0 Å². The molecule has 2 aromatic rings. The van der Waals surface area contributed by atoms with Gasteiger partial charge in [0.1, 0.15) is 0 Å². The molecule has 1 aromatic carbocycles. The largest absolute Gasteiger partial charge is 0.376 e. The van der Waals surface area contributed by atoms with Crippen molar-refractivity contribution in [3.63, 3.8) is 0 Å². The van der Waals surface area contributed by atoms with E-state index in [0.29, 0.717) is 32.5 Å². The minimum Gasteiger partial charge on any atom is -0.376 e. The monoisotopic (exact) mass is 387 g/mol.